The number of piperidine rings is 1. The van der Waals surface area contributed by atoms with Crippen LogP contribution in [0, 0.1) is 5.92 Å². The number of hydrogen-bond donors (Lipinski definition) is 2. The monoisotopic (exact) mass is 305 g/mol. The Morgan fingerprint density at radius 1 is 1.20 bits per heavy atom. The lowest BCUT2D eigenvalue weighted by molar-refractivity contribution is 0.261. The largest absolute Gasteiger partial charge is 0.314 e. The standard InChI is InChI=1S/C14H31N3O2S/c1-4-5-6-9-16-20(18,19)17-10-7-14(8-11-17)12-15-13(2)3/h13-16H,4-12H2,1-3H3. The topological polar surface area (TPSA) is 61.4 Å². The van der Waals surface area contributed by atoms with Crippen molar-refractivity contribution in [1.29, 1.82) is 0 Å². The Morgan fingerprint density at radius 2 is 1.85 bits per heavy atom. The van der Waals surface area contributed by atoms with Crippen LogP contribution in [0.3, 0.4) is 0 Å². The van der Waals surface area contributed by atoms with Gasteiger partial charge >= 0.3 is 0 Å². The fourth-order valence-electron chi connectivity index (χ4n) is 2.42. The summed E-state index contributed by atoms with van der Waals surface area (Å²) in [5.74, 6) is 0.601. The highest BCUT2D eigenvalue weighted by Crippen LogP contribution is 2.18. The predicted octanol–water partition coefficient (Wildman–Crippen LogP) is 1.72. The van der Waals surface area contributed by atoms with E-state index in [9.17, 15) is 8.42 Å². The normalized spacial score (nSPS) is 18.8. The number of unbranched alkanes of at least 4 members (excludes halogenated alkanes) is 2. The van der Waals surface area contributed by atoms with Crippen LogP contribution in [0.4, 0.5) is 0 Å². The van der Waals surface area contributed by atoms with Gasteiger partial charge in [0.05, 0.1) is 0 Å². The van der Waals surface area contributed by atoms with Gasteiger partial charge in [-0.15, -0.1) is 0 Å². The molecule has 0 aromatic rings. The minimum atomic E-state index is -3.26. The molecule has 2 N–H and O–H groups in total. The van der Waals surface area contributed by atoms with Crippen molar-refractivity contribution in [3.63, 3.8) is 0 Å². The summed E-state index contributed by atoms with van der Waals surface area (Å²) in [6.45, 7) is 9.24. The van der Waals surface area contributed by atoms with Crippen molar-refractivity contribution in [2.45, 2.75) is 58.9 Å². The van der Waals surface area contributed by atoms with E-state index in [1.807, 2.05) is 0 Å². The summed E-state index contributed by atoms with van der Waals surface area (Å²) in [5.41, 5.74) is 0. The van der Waals surface area contributed by atoms with Crippen LogP contribution in [0.1, 0.15) is 52.9 Å². The molecule has 0 bridgehead atoms. The molecule has 0 saturated carbocycles. The summed E-state index contributed by atoms with van der Waals surface area (Å²) in [5, 5.41) is 3.43. The molecule has 0 aromatic heterocycles. The first-order valence-electron chi connectivity index (χ1n) is 7.93. The lowest BCUT2D eigenvalue weighted by atomic mass is 9.98. The van der Waals surface area contributed by atoms with E-state index in [-0.39, 0.29) is 0 Å². The number of nitrogens with zero attached hydrogens (tertiary/aromatic N) is 1. The molecule has 6 heteroatoms. The molecular formula is C14H31N3O2S. The molecule has 120 valence electrons. The molecule has 1 fully saturated rings. The van der Waals surface area contributed by atoms with E-state index in [1.165, 1.54) is 0 Å². The predicted molar refractivity (Wildman–Crippen MR) is 83.9 cm³/mol. The molecule has 1 aliphatic rings. The molecule has 0 aliphatic carbocycles. The third-order valence-corrected chi connectivity index (χ3v) is 5.41. The molecule has 20 heavy (non-hydrogen) atoms. The molecule has 1 saturated heterocycles. The molecule has 0 amide bonds. The second-order valence-electron chi connectivity index (χ2n) is 6.01. The van der Waals surface area contributed by atoms with Crippen LogP contribution >= 0.6 is 0 Å². The second-order valence-corrected chi connectivity index (χ2v) is 7.77. The lowest BCUT2D eigenvalue weighted by Gasteiger charge is -2.31. The van der Waals surface area contributed by atoms with E-state index in [0.717, 1.165) is 38.6 Å². The van der Waals surface area contributed by atoms with Crippen LogP contribution in [-0.2, 0) is 10.2 Å². The van der Waals surface area contributed by atoms with E-state index >= 15 is 0 Å². The Morgan fingerprint density at radius 3 is 2.40 bits per heavy atom. The molecule has 0 atom stereocenters. The van der Waals surface area contributed by atoms with Crippen LogP contribution in [0.25, 0.3) is 0 Å². The van der Waals surface area contributed by atoms with Crippen LogP contribution < -0.4 is 10.0 Å². The Balaban J connectivity index is 2.28. The van der Waals surface area contributed by atoms with Gasteiger partial charge in [0.2, 0.25) is 0 Å². The van der Waals surface area contributed by atoms with Crippen molar-refractivity contribution < 1.29 is 8.42 Å². The molecule has 0 spiro atoms. The molecule has 0 unspecified atom stereocenters. The zero-order valence-corrected chi connectivity index (χ0v) is 14.0. The molecule has 0 aromatic carbocycles. The summed E-state index contributed by atoms with van der Waals surface area (Å²) in [4.78, 5) is 0. The summed E-state index contributed by atoms with van der Waals surface area (Å²) < 4.78 is 28.6. The van der Waals surface area contributed by atoms with Crippen molar-refractivity contribution in [2.75, 3.05) is 26.2 Å². The third kappa shape index (κ3) is 6.52. The molecular weight excluding hydrogens is 274 g/mol. The first kappa shape index (κ1) is 17.9. The van der Waals surface area contributed by atoms with Crippen LogP contribution in [0.5, 0.6) is 0 Å². The number of hydrogen-bond acceptors (Lipinski definition) is 3. The minimum absolute atomic E-state index is 0.497. The fourth-order valence-corrected chi connectivity index (χ4v) is 3.70. The first-order valence-corrected chi connectivity index (χ1v) is 9.37. The van der Waals surface area contributed by atoms with E-state index < -0.39 is 10.2 Å². The van der Waals surface area contributed by atoms with Crippen LogP contribution in [0.15, 0.2) is 0 Å². The van der Waals surface area contributed by atoms with Gasteiger partial charge < -0.3 is 5.32 Å². The molecule has 1 aliphatic heterocycles. The van der Waals surface area contributed by atoms with Crippen LogP contribution in [-0.4, -0.2) is 44.9 Å². The van der Waals surface area contributed by atoms with E-state index in [1.54, 1.807) is 4.31 Å². The third-order valence-electron chi connectivity index (χ3n) is 3.79. The van der Waals surface area contributed by atoms with Gasteiger partial charge in [0.15, 0.2) is 0 Å². The average Bonchev–Trinajstić information content (AvgIpc) is 2.42. The van der Waals surface area contributed by atoms with Gasteiger partial charge in [-0.1, -0.05) is 33.6 Å². The SMILES string of the molecule is CCCCCNS(=O)(=O)N1CCC(CNC(C)C)CC1. The van der Waals surface area contributed by atoms with Crippen molar-refractivity contribution in [3.05, 3.63) is 0 Å². The Labute approximate surface area is 124 Å². The van der Waals surface area contributed by atoms with Crippen molar-refractivity contribution >= 4 is 10.2 Å². The lowest BCUT2D eigenvalue weighted by Crippen LogP contribution is -2.46. The van der Waals surface area contributed by atoms with E-state index in [4.69, 9.17) is 0 Å². The van der Waals surface area contributed by atoms with Gasteiger partial charge in [0.25, 0.3) is 10.2 Å². The zero-order valence-electron chi connectivity index (χ0n) is 13.2. The van der Waals surface area contributed by atoms with Gasteiger partial charge in [0, 0.05) is 25.7 Å². The number of nitrogens with one attached hydrogen (secondary N) is 2. The van der Waals surface area contributed by atoms with E-state index in [0.29, 0.717) is 31.6 Å². The quantitative estimate of drug-likeness (QED) is 0.638. The van der Waals surface area contributed by atoms with Gasteiger partial charge in [0.1, 0.15) is 0 Å². The maximum atomic E-state index is 12.1. The fraction of sp³-hybridized carbons (Fsp3) is 1.00. The van der Waals surface area contributed by atoms with Crippen LogP contribution in [0.2, 0.25) is 0 Å². The van der Waals surface area contributed by atoms with Gasteiger partial charge in [-0.2, -0.15) is 12.7 Å². The van der Waals surface area contributed by atoms with Gasteiger partial charge in [-0.25, -0.2) is 4.72 Å². The second kappa shape index (κ2) is 8.97. The zero-order chi connectivity index (χ0) is 15.0. The first-order chi connectivity index (χ1) is 9.45. The summed E-state index contributed by atoms with van der Waals surface area (Å²) in [6, 6.07) is 0.497. The summed E-state index contributed by atoms with van der Waals surface area (Å²) in [6.07, 6.45) is 5.01. The maximum Gasteiger partial charge on any atom is 0.279 e. The average molecular weight is 305 g/mol. The Bertz CT molecular complexity index is 349. The molecule has 1 heterocycles. The highest BCUT2D eigenvalue weighted by molar-refractivity contribution is 7.87. The van der Waals surface area contributed by atoms with Gasteiger partial charge in [-0.05, 0) is 31.7 Å². The highest BCUT2D eigenvalue weighted by atomic mass is 32.2. The van der Waals surface area contributed by atoms with Crippen molar-refractivity contribution in [3.8, 4) is 0 Å². The van der Waals surface area contributed by atoms with Crippen molar-refractivity contribution in [1.82, 2.24) is 14.3 Å². The maximum absolute atomic E-state index is 12.1. The minimum Gasteiger partial charge on any atom is -0.314 e. The summed E-state index contributed by atoms with van der Waals surface area (Å²) in [7, 11) is -3.26. The van der Waals surface area contributed by atoms with Gasteiger partial charge in [-0.3, -0.25) is 0 Å². The van der Waals surface area contributed by atoms with Crippen molar-refractivity contribution in [2.24, 2.45) is 5.92 Å². The molecule has 0 radical (unpaired) electrons. The Kier molecular flexibility index (Phi) is 8.02. The number of rotatable bonds is 9. The van der Waals surface area contributed by atoms with E-state index in [2.05, 4.69) is 30.8 Å². The Hall–Kier alpha value is -0.170. The summed E-state index contributed by atoms with van der Waals surface area (Å²) >= 11 is 0. The molecule has 1 rings (SSSR count). The highest BCUT2D eigenvalue weighted by Gasteiger charge is 2.27. The molecule has 5 nitrogen and oxygen atoms in total. The smallest absolute Gasteiger partial charge is 0.279 e.